The lowest BCUT2D eigenvalue weighted by atomic mass is 10.2. The Labute approximate surface area is 82.6 Å². The van der Waals surface area contributed by atoms with Crippen molar-refractivity contribution in [2.75, 3.05) is 18.5 Å². The molecule has 0 fully saturated rings. The lowest BCUT2D eigenvalue weighted by Gasteiger charge is -2.14. The summed E-state index contributed by atoms with van der Waals surface area (Å²) in [6.07, 6.45) is 1.64. The van der Waals surface area contributed by atoms with E-state index in [-0.39, 0.29) is 19.3 Å². The molecule has 0 spiro atoms. The second-order valence-corrected chi connectivity index (χ2v) is 2.95. The summed E-state index contributed by atoms with van der Waals surface area (Å²) in [5.74, 6) is 0. The van der Waals surface area contributed by atoms with Crippen LogP contribution in [0.5, 0.6) is 0 Å². The van der Waals surface area contributed by atoms with E-state index in [9.17, 15) is 0 Å². The number of hydrogen-bond acceptors (Lipinski definition) is 5. The van der Waals surface area contributed by atoms with Gasteiger partial charge in [0.25, 0.3) is 0 Å². The third-order valence-electron chi connectivity index (χ3n) is 1.84. The fraction of sp³-hybridized carbons (Fsp3) is 0.444. The first kappa shape index (κ1) is 10.9. The van der Waals surface area contributed by atoms with Gasteiger partial charge in [-0.3, -0.25) is 4.98 Å². The molecule has 0 aliphatic heterocycles. The Morgan fingerprint density at radius 2 is 2.14 bits per heavy atom. The van der Waals surface area contributed by atoms with E-state index in [1.165, 1.54) is 0 Å². The lowest BCUT2D eigenvalue weighted by molar-refractivity contribution is 0.204. The number of aliphatic hydroxyl groups is 2. The van der Waals surface area contributed by atoms with Gasteiger partial charge in [-0.2, -0.15) is 0 Å². The smallest absolute Gasteiger partial charge is 0.0723 e. The predicted molar refractivity (Wildman–Crippen MR) is 53.7 cm³/mol. The second kappa shape index (κ2) is 5.54. The average molecular weight is 197 g/mol. The molecule has 0 amide bonds. The van der Waals surface area contributed by atoms with Crippen LogP contribution in [0.2, 0.25) is 0 Å². The van der Waals surface area contributed by atoms with Crippen LogP contribution in [0.1, 0.15) is 5.69 Å². The molecule has 0 saturated carbocycles. The summed E-state index contributed by atoms with van der Waals surface area (Å²) in [5.41, 5.74) is 6.99. The number of nitrogens with one attached hydrogen (secondary N) is 1. The van der Waals surface area contributed by atoms with Gasteiger partial charge in [-0.05, 0) is 12.1 Å². The highest BCUT2D eigenvalue weighted by molar-refractivity contribution is 5.44. The van der Waals surface area contributed by atoms with Crippen molar-refractivity contribution in [3.05, 3.63) is 24.0 Å². The zero-order valence-electron chi connectivity index (χ0n) is 7.85. The van der Waals surface area contributed by atoms with Crippen LogP contribution >= 0.6 is 0 Å². The minimum atomic E-state index is -0.344. The Morgan fingerprint density at radius 3 is 2.71 bits per heavy atom. The summed E-state index contributed by atoms with van der Waals surface area (Å²) >= 11 is 0. The Bertz CT molecular complexity index is 277. The molecule has 5 N–H and O–H groups in total. The molecular formula is C9H15N3O2. The summed E-state index contributed by atoms with van der Waals surface area (Å²) in [7, 11) is 0. The molecule has 0 aromatic carbocycles. The molecule has 0 aliphatic carbocycles. The molecule has 0 bridgehead atoms. The van der Waals surface area contributed by atoms with Gasteiger partial charge in [-0.25, -0.2) is 0 Å². The van der Waals surface area contributed by atoms with E-state index in [1.807, 2.05) is 0 Å². The largest absolute Gasteiger partial charge is 0.394 e. The molecule has 78 valence electrons. The first-order valence-electron chi connectivity index (χ1n) is 4.43. The molecule has 1 rings (SSSR count). The number of rotatable bonds is 5. The highest BCUT2D eigenvalue weighted by Gasteiger charge is 2.05. The summed E-state index contributed by atoms with van der Waals surface area (Å²) in [6.45, 7) is 0.145. The molecule has 0 unspecified atom stereocenters. The van der Waals surface area contributed by atoms with Crippen molar-refractivity contribution in [2.24, 2.45) is 5.73 Å². The van der Waals surface area contributed by atoms with Gasteiger partial charge in [0, 0.05) is 18.4 Å². The van der Waals surface area contributed by atoms with Crippen molar-refractivity contribution in [1.82, 2.24) is 4.98 Å². The van der Waals surface area contributed by atoms with Gasteiger partial charge in [0.15, 0.2) is 0 Å². The van der Waals surface area contributed by atoms with E-state index >= 15 is 0 Å². The SMILES string of the molecule is NCc1cc(NC(CO)CO)ccn1. The third kappa shape index (κ3) is 2.95. The molecule has 1 aromatic rings. The molecule has 1 heterocycles. The number of nitrogens with zero attached hydrogens (tertiary/aromatic N) is 1. The fourth-order valence-corrected chi connectivity index (χ4v) is 1.06. The topological polar surface area (TPSA) is 91.4 Å². The number of pyridine rings is 1. The lowest BCUT2D eigenvalue weighted by Crippen LogP contribution is -2.27. The van der Waals surface area contributed by atoms with Crippen molar-refractivity contribution in [2.45, 2.75) is 12.6 Å². The maximum absolute atomic E-state index is 8.85. The average Bonchev–Trinajstić information content (AvgIpc) is 2.26. The van der Waals surface area contributed by atoms with Crippen LogP contribution in [0.4, 0.5) is 5.69 Å². The Kier molecular flexibility index (Phi) is 4.31. The fourth-order valence-electron chi connectivity index (χ4n) is 1.06. The number of aromatic nitrogens is 1. The summed E-state index contributed by atoms with van der Waals surface area (Å²) in [6, 6.07) is 3.21. The van der Waals surface area contributed by atoms with Gasteiger partial charge < -0.3 is 21.3 Å². The zero-order valence-corrected chi connectivity index (χ0v) is 7.85. The molecule has 0 aliphatic rings. The van der Waals surface area contributed by atoms with E-state index in [2.05, 4.69) is 10.3 Å². The van der Waals surface area contributed by atoms with Gasteiger partial charge >= 0.3 is 0 Å². The predicted octanol–water partition coefficient (Wildman–Crippen LogP) is -0.695. The highest BCUT2D eigenvalue weighted by atomic mass is 16.3. The molecule has 0 atom stereocenters. The van der Waals surface area contributed by atoms with E-state index < -0.39 is 0 Å². The molecule has 0 saturated heterocycles. The van der Waals surface area contributed by atoms with Crippen LogP contribution in [0.15, 0.2) is 18.3 Å². The van der Waals surface area contributed by atoms with Crippen LogP contribution in [-0.2, 0) is 6.54 Å². The first-order chi connectivity index (χ1) is 6.80. The minimum Gasteiger partial charge on any atom is -0.394 e. The number of hydrogen-bond donors (Lipinski definition) is 4. The van der Waals surface area contributed by atoms with E-state index in [4.69, 9.17) is 15.9 Å². The summed E-state index contributed by atoms with van der Waals surface area (Å²) in [4.78, 5) is 4.03. The maximum atomic E-state index is 8.85. The van der Waals surface area contributed by atoms with Crippen molar-refractivity contribution in [3.8, 4) is 0 Å². The quantitative estimate of drug-likeness (QED) is 0.501. The Morgan fingerprint density at radius 1 is 1.43 bits per heavy atom. The summed E-state index contributed by atoms with van der Waals surface area (Å²) < 4.78 is 0. The zero-order chi connectivity index (χ0) is 10.4. The van der Waals surface area contributed by atoms with Gasteiger partial charge in [-0.15, -0.1) is 0 Å². The molecule has 5 nitrogen and oxygen atoms in total. The molecule has 1 aromatic heterocycles. The van der Waals surface area contributed by atoms with Crippen LogP contribution in [0, 0.1) is 0 Å². The molecule has 14 heavy (non-hydrogen) atoms. The Hall–Kier alpha value is -1.17. The molecule has 0 radical (unpaired) electrons. The van der Waals surface area contributed by atoms with Crippen molar-refractivity contribution < 1.29 is 10.2 Å². The van der Waals surface area contributed by atoms with Crippen LogP contribution in [0.25, 0.3) is 0 Å². The van der Waals surface area contributed by atoms with Crippen LogP contribution < -0.4 is 11.1 Å². The van der Waals surface area contributed by atoms with Crippen molar-refractivity contribution in [1.29, 1.82) is 0 Å². The van der Waals surface area contributed by atoms with E-state index in [0.717, 1.165) is 11.4 Å². The summed E-state index contributed by atoms with van der Waals surface area (Å²) in [5, 5.41) is 20.7. The number of aliphatic hydroxyl groups excluding tert-OH is 2. The monoisotopic (exact) mass is 197 g/mol. The van der Waals surface area contributed by atoms with Gasteiger partial charge in [0.05, 0.1) is 24.9 Å². The first-order valence-corrected chi connectivity index (χ1v) is 4.43. The van der Waals surface area contributed by atoms with Crippen LogP contribution in [-0.4, -0.2) is 34.5 Å². The standard InChI is InChI=1S/C9H15N3O2/c10-4-8-3-7(1-2-11-8)12-9(5-13)6-14/h1-3,9,13-14H,4-6,10H2,(H,11,12). The van der Waals surface area contributed by atoms with Crippen molar-refractivity contribution >= 4 is 5.69 Å². The van der Waals surface area contributed by atoms with Gasteiger partial charge in [0.2, 0.25) is 0 Å². The number of anilines is 1. The van der Waals surface area contributed by atoms with Gasteiger partial charge in [0.1, 0.15) is 0 Å². The normalized spacial score (nSPS) is 10.6. The Balaban J connectivity index is 2.65. The minimum absolute atomic E-state index is 0.114. The second-order valence-electron chi connectivity index (χ2n) is 2.95. The maximum Gasteiger partial charge on any atom is 0.0723 e. The highest BCUT2D eigenvalue weighted by Crippen LogP contribution is 2.08. The van der Waals surface area contributed by atoms with Gasteiger partial charge in [-0.1, -0.05) is 0 Å². The van der Waals surface area contributed by atoms with Crippen molar-refractivity contribution in [3.63, 3.8) is 0 Å². The van der Waals surface area contributed by atoms with Crippen LogP contribution in [0.3, 0.4) is 0 Å². The van der Waals surface area contributed by atoms with E-state index in [1.54, 1.807) is 18.3 Å². The third-order valence-corrected chi connectivity index (χ3v) is 1.84. The van der Waals surface area contributed by atoms with E-state index in [0.29, 0.717) is 6.54 Å². The molecule has 5 heteroatoms. The number of nitrogens with two attached hydrogens (primary N) is 1. The molecular weight excluding hydrogens is 182 g/mol.